The zero-order chi connectivity index (χ0) is 13.3. The van der Waals surface area contributed by atoms with Crippen LogP contribution in [0.3, 0.4) is 0 Å². The monoisotopic (exact) mass is 244 g/mol. The molecule has 3 nitrogen and oxygen atoms in total. The van der Waals surface area contributed by atoms with E-state index in [4.69, 9.17) is 15.5 Å². The van der Waals surface area contributed by atoms with Crippen LogP contribution >= 0.6 is 0 Å². The number of rotatable bonds is 2. The summed E-state index contributed by atoms with van der Waals surface area (Å²) in [5, 5.41) is 0.953. The maximum Gasteiger partial charge on any atom is 0.145 e. The average molecular weight is 244 g/mol. The Morgan fingerprint density at radius 3 is 2.61 bits per heavy atom. The van der Waals surface area contributed by atoms with Gasteiger partial charge in [0.15, 0.2) is 0 Å². The van der Waals surface area contributed by atoms with Crippen LogP contribution in [0.1, 0.15) is 33.4 Å². The molecule has 0 saturated carbocycles. The fourth-order valence-corrected chi connectivity index (χ4v) is 1.90. The van der Waals surface area contributed by atoms with Gasteiger partial charge in [-0.1, -0.05) is 32.9 Å². The molecular weight excluding hydrogens is 224 g/mol. The Balaban J connectivity index is 2.72. The molecule has 1 heterocycles. The zero-order valence-corrected chi connectivity index (χ0v) is 11.4. The summed E-state index contributed by atoms with van der Waals surface area (Å²) in [4.78, 5) is 4.72. The highest BCUT2D eigenvalue weighted by Gasteiger charge is 2.18. The second kappa shape index (κ2) is 4.48. The second-order valence-corrected chi connectivity index (χ2v) is 5.43. The third-order valence-electron chi connectivity index (χ3n) is 2.90. The molecule has 2 N–H and O–H groups in total. The minimum absolute atomic E-state index is 0.0262. The number of nitrogens with two attached hydrogens (primary N) is 1. The molecule has 1 aromatic heterocycles. The number of benzene rings is 1. The van der Waals surface area contributed by atoms with Gasteiger partial charge in [0.05, 0.1) is 6.61 Å². The van der Waals surface area contributed by atoms with Crippen LogP contribution in [0.2, 0.25) is 0 Å². The Kier molecular flexibility index (Phi) is 3.16. The minimum atomic E-state index is -0.0262. The van der Waals surface area contributed by atoms with E-state index in [0.717, 1.165) is 28.0 Å². The summed E-state index contributed by atoms with van der Waals surface area (Å²) in [6.45, 7) is 8.98. The first-order valence-corrected chi connectivity index (χ1v) is 6.26. The lowest BCUT2D eigenvalue weighted by Gasteiger charge is -2.19. The number of aromatic nitrogens is 1. The lowest BCUT2D eigenvalue weighted by Crippen LogP contribution is -2.14. The van der Waals surface area contributed by atoms with Crippen LogP contribution in [0.25, 0.3) is 10.9 Å². The first kappa shape index (κ1) is 12.7. The van der Waals surface area contributed by atoms with E-state index in [1.165, 1.54) is 0 Å². The van der Waals surface area contributed by atoms with Crippen molar-refractivity contribution in [1.29, 1.82) is 0 Å². The quantitative estimate of drug-likeness (QED) is 0.879. The van der Waals surface area contributed by atoms with Crippen molar-refractivity contribution in [2.45, 2.75) is 33.1 Å². The standard InChI is InChI=1S/C15H20N2O/c1-5-18-12-8-6-7-10-11(16)9-13(15(2,3)4)17-14(10)12/h6-9H,5H2,1-4H3,(H2,16,17). The molecule has 0 bridgehead atoms. The average Bonchev–Trinajstić information content (AvgIpc) is 2.29. The molecule has 2 aromatic rings. The number of ether oxygens (including phenoxy) is 1. The van der Waals surface area contributed by atoms with Gasteiger partial charge in [0.1, 0.15) is 11.3 Å². The molecule has 0 aliphatic heterocycles. The van der Waals surface area contributed by atoms with E-state index >= 15 is 0 Å². The summed E-state index contributed by atoms with van der Waals surface area (Å²) in [5.41, 5.74) is 8.69. The normalized spacial score (nSPS) is 11.8. The Bertz CT molecular complexity index is 570. The molecule has 0 aliphatic carbocycles. The minimum Gasteiger partial charge on any atom is -0.492 e. The van der Waals surface area contributed by atoms with Crippen LogP contribution in [0.5, 0.6) is 5.75 Å². The number of nitrogens with zero attached hydrogens (tertiary/aromatic N) is 1. The number of pyridine rings is 1. The first-order chi connectivity index (χ1) is 8.43. The van der Waals surface area contributed by atoms with Crippen molar-refractivity contribution >= 4 is 16.6 Å². The third-order valence-corrected chi connectivity index (χ3v) is 2.90. The van der Waals surface area contributed by atoms with Crippen LogP contribution in [0, 0.1) is 0 Å². The molecule has 0 amide bonds. The molecule has 3 heteroatoms. The SMILES string of the molecule is CCOc1cccc2c(N)cc(C(C)(C)C)nc12. The predicted octanol–water partition coefficient (Wildman–Crippen LogP) is 3.51. The molecule has 0 saturated heterocycles. The summed E-state index contributed by atoms with van der Waals surface area (Å²) in [7, 11) is 0. The van der Waals surface area contributed by atoms with Crippen molar-refractivity contribution in [1.82, 2.24) is 4.98 Å². The lowest BCUT2D eigenvalue weighted by molar-refractivity contribution is 0.343. The highest BCUT2D eigenvalue weighted by Crippen LogP contribution is 2.32. The number of nitrogen functional groups attached to an aromatic ring is 1. The molecule has 0 fully saturated rings. The van der Waals surface area contributed by atoms with Crippen molar-refractivity contribution in [3.05, 3.63) is 30.0 Å². The van der Waals surface area contributed by atoms with E-state index in [2.05, 4.69) is 20.8 Å². The molecule has 18 heavy (non-hydrogen) atoms. The van der Waals surface area contributed by atoms with E-state index in [-0.39, 0.29) is 5.41 Å². The van der Waals surface area contributed by atoms with E-state index in [1.54, 1.807) is 0 Å². The van der Waals surface area contributed by atoms with Crippen LogP contribution < -0.4 is 10.5 Å². The number of para-hydroxylation sites is 1. The van der Waals surface area contributed by atoms with Gasteiger partial charge in [-0.25, -0.2) is 4.98 Å². The Morgan fingerprint density at radius 1 is 1.28 bits per heavy atom. The van der Waals surface area contributed by atoms with Crippen molar-refractivity contribution in [2.75, 3.05) is 12.3 Å². The molecule has 2 rings (SSSR count). The van der Waals surface area contributed by atoms with Crippen LogP contribution in [0.4, 0.5) is 5.69 Å². The molecule has 0 radical (unpaired) electrons. The van der Waals surface area contributed by atoms with Crippen molar-refractivity contribution in [3.63, 3.8) is 0 Å². The maximum atomic E-state index is 6.12. The third kappa shape index (κ3) is 2.26. The second-order valence-electron chi connectivity index (χ2n) is 5.43. The summed E-state index contributed by atoms with van der Waals surface area (Å²) < 4.78 is 5.62. The number of hydrogen-bond donors (Lipinski definition) is 1. The zero-order valence-electron chi connectivity index (χ0n) is 11.4. The number of fused-ring (bicyclic) bond motifs is 1. The number of hydrogen-bond acceptors (Lipinski definition) is 3. The highest BCUT2D eigenvalue weighted by atomic mass is 16.5. The first-order valence-electron chi connectivity index (χ1n) is 6.26. The predicted molar refractivity (Wildman–Crippen MR) is 76.0 cm³/mol. The topological polar surface area (TPSA) is 48.1 Å². The molecule has 1 aromatic carbocycles. The summed E-state index contributed by atoms with van der Waals surface area (Å²) >= 11 is 0. The Morgan fingerprint density at radius 2 is 2.00 bits per heavy atom. The van der Waals surface area contributed by atoms with Gasteiger partial charge in [0, 0.05) is 22.2 Å². The highest BCUT2D eigenvalue weighted by molar-refractivity contribution is 5.94. The van der Waals surface area contributed by atoms with E-state index in [1.807, 2.05) is 31.2 Å². The van der Waals surface area contributed by atoms with Crippen molar-refractivity contribution in [2.24, 2.45) is 0 Å². The van der Waals surface area contributed by atoms with Gasteiger partial charge >= 0.3 is 0 Å². The molecule has 0 atom stereocenters. The van der Waals surface area contributed by atoms with E-state index in [0.29, 0.717) is 6.61 Å². The van der Waals surface area contributed by atoms with Crippen molar-refractivity contribution in [3.8, 4) is 5.75 Å². The van der Waals surface area contributed by atoms with E-state index in [9.17, 15) is 0 Å². The maximum absolute atomic E-state index is 6.12. The van der Waals surface area contributed by atoms with Crippen LogP contribution in [-0.2, 0) is 5.41 Å². The summed E-state index contributed by atoms with van der Waals surface area (Å²) in [5.74, 6) is 0.799. The van der Waals surface area contributed by atoms with Gasteiger partial charge in [-0.15, -0.1) is 0 Å². The summed E-state index contributed by atoms with van der Waals surface area (Å²) in [6, 6.07) is 7.82. The fourth-order valence-electron chi connectivity index (χ4n) is 1.90. The summed E-state index contributed by atoms with van der Waals surface area (Å²) in [6.07, 6.45) is 0. The largest absolute Gasteiger partial charge is 0.492 e. The van der Waals surface area contributed by atoms with Crippen molar-refractivity contribution < 1.29 is 4.74 Å². The van der Waals surface area contributed by atoms with Gasteiger partial charge in [0.2, 0.25) is 0 Å². The van der Waals surface area contributed by atoms with Gasteiger partial charge in [0.25, 0.3) is 0 Å². The van der Waals surface area contributed by atoms with Crippen LogP contribution in [0.15, 0.2) is 24.3 Å². The molecule has 96 valence electrons. The van der Waals surface area contributed by atoms with E-state index < -0.39 is 0 Å². The molecule has 0 spiro atoms. The van der Waals surface area contributed by atoms with Gasteiger partial charge in [-0.2, -0.15) is 0 Å². The fraction of sp³-hybridized carbons (Fsp3) is 0.400. The van der Waals surface area contributed by atoms with Gasteiger partial charge in [-0.05, 0) is 19.1 Å². The number of anilines is 1. The Labute approximate surface area is 108 Å². The van der Waals surface area contributed by atoms with Gasteiger partial charge < -0.3 is 10.5 Å². The van der Waals surface area contributed by atoms with Crippen LogP contribution in [-0.4, -0.2) is 11.6 Å². The molecule has 0 unspecified atom stereocenters. The van der Waals surface area contributed by atoms with Gasteiger partial charge in [-0.3, -0.25) is 0 Å². The Hall–Kier alpha value is -1.77. The molecular formula is C15H20N2O. The smallest absolute Gasteiger partial charge is 0.145 e. The lowest BCUT2D eigenvalue weighted by atomic mass is 9.91. The molecule has 0 aliphatic rings.